The van der Waals surface area contributed by atoms with Crippen molar-refractivity contribution in [2.75, 3.05) is 5.73 Å². The third kappa shape index (κ3) is 1.86. The summed E-state index contributed by atoms with van der Waals surface area (Å²) < 4.78 is 0. The van der Waals surface area contributed by atoms with E-state index in [2.05, 4.69) is 72.8 Å². The average Bonchev–Trinajstić information content (AvgIpc) is 3.01. The molecule has 28 heavy (non-hydrogen) atoms. The Kier molecular flexibility index (Phi) is 3.10. The highest BCUT2D eigenvalue weighted by Crippen LogP contribution is 2.60. The van der Waals surface area contributed by atoms with Gasteiger partial charge in [0.05, 0.1) is 5.41 Å². The Morgan fingerprint density at radius 1 is 0.821 bits per heavy atom. The van der Waals surface area contributed by atoms with Crippen molar-refractivity contribution in [3.63, 3.8) is 0 Å². The van der Waals surface area contributed by atoms with E-state index >= 15 is 0 Å². The van der Waals surface area contributed by atoms with E-state index in [4.69, 9.17) is 11.5 Å². The average molecular weight is 362 g/mol. The molecule has 0 bridgehead atoms. The first-order valence-electron chi connectivity index (χ1n) is 9.94. The number of rotatable bonds is 0. The lowest BCUT2D eigenvalue weighted by molar-refractivity contribution is 0.622. The molecule has 2 nitrogen and oxygen atoms in total. The molecule has 0 aliphatic heterocycles. The Labute approximate surface area is 165 Å². The predicted molar refractivity (Wildman–Crippen MR) is 115 cm³/mol. The summed E-state index contributed by atoms with van der Waals surface area (Å²) in [5.74, 6) is 0. The van der Waals surface area contributed by atoms with Gasteiger partial charge < -0.3 is 11.5 Å². The summed E-state index contributed by atoms with van der Waals surface area (Å²) >= 11 is 0. The molecule has 0 fully saturated rings. The minimum atomic E-state index is -0.298. The number of benzene rings is 3. The Morgan fingerprint density at radius 2 is 1.50 bits per heavy atom. The highest BCUT2D eigenvalue weighted by molar-refractivity contribution is 5.87. The van der Waals surface area contributed by atoms with Crippen LogP contribution < -0.4 is 11.5 Å². The fourth-order valence-corrected chi connectivity index (χ4v) is 5.65. The first-order chi connectivity index (χ1) is 13.7. The quantitative estimate of drug-likeness (QED) is 0.568. The van der Waals surface area contributed by atoms with Gasteiger partial charge >= 0.3 is 0 Å². The third-order valence-corrected chi connectivity index (χ3v) is 6.70. The number of hydrogen-bond donors (Lipinski definition) is 2. The van der Waals surface area contributed by atoms with Crippen LogP contribution in [-0.2, 0) is 11.8 Å². The van der Waals surface area contributed by atoms with Gasteiger partial charge in [-0.25, -0.2) is 0 Å². The Bertz CT molecular complexity index is 1150. The minimum Gasteiger partial charge on any atom is -0.399 e. The Hall–Kier alpha value is -3.10. The summed E-state index contributed by atoms with van der Waals surface area (Å²) in [6.45, 7) is 0. The van der Waals surface area contributed by atoms with Crippen LogP contribution in [0.4, 0.5) is 5.69 Å². The van der Waals surface area contributed by atoms with Gasteiger partial charge in [-0.3, -0.25) is 0 Å². The van der Waals surface area contributed by atoms with Crippen LogP contribution >= 0.6 is 0 Å². The fraction of sp³-hybridized carbons (Fsp3) is 0.154. The van der Waals surface area contributed by atoms with Crippen molar-refractivity contribution in [1.82, 2.24) is 0 Å². The molecule has 136 valence electrons. The maximum Gasteiger partial charge on any atom is 0.0683 e. The lowest BCUT2D eigenvalue weighted by Gasteiger charge is -2.43. The third-order valence-electron chi connectivity index (χ3n) is 6.70. The molecule has 0 heterocycles. The zero-order valence-corrected chi connectivity index (χ0v) is 15.7. The first kappa shape index (κ1) is 15.9. The SMILES string of the molecule is Nc1ccc2c(c1)C1(C3=C(C=CC(N)C3)C2)c2ccccc2-c2ccccc21. The van der Waals surface area contributed by atoms with Crippen LogP contribution in [-0.4, -0.2) is 6.04 Å². The lowest BCUT2D eigenvalue weighted by atomic mass is 9.59. The van der Waals surface area contributed by atoms with Gasteiger partial charge in [-0.1, -0.05) is 66.7 Å². The summed E-state index contributed by atoms with van der Waals surface area (Å²) in [5, 5.41) is 0. The van der Waals surface area contributed by atoms with Gasteiger partial charge in [0.1, 0.15) is 0 Å². The largest absolute Gasteiger partial charge is 0.399 e. The molecular weight excluding hydrogens is 340 g/mol. The van der Waals surface area contributed by atoms with Gasteiger partial charge in [0.2, 0.25) is 0 Å². The second-order valence-corrected chi connectivity index (χ2v) is 8.17. The van der Waals surface area contributed by atoms with Crippen LogP contribution in [0.25, 0.3) is 11.1 Å². The summed E-state index contributed by atoms with van der Waals surface area (Å²) in [4.78, 5) is 0. The van der Waals surface area contributed by atoms with Crippen LogP contribution in [0.2, 0.25) is 0 Å². The standard InChI is InChI=1S/C26H22N2/c27-18-11-9-16-13-17-10-12-19(28)15-25(17)26(24(16)14-18)22-7-3-1-5-20(22)21-6-2-4-8-23(21)26/h1-12,14,19H,13,15,27-28H2. The van der Waals surface area contributed by atoms with E-state index in [1.165, 1.54) is 44.5 Å². The minimum absolute atomic E-state index is 0.0539. The topological polar surface area (TPSA) is 52.0 Å². The van der Waals surface area contributed by atoms with Crippen LogP contribution in [0.3, 0.4) is 0 Å². The van der Waals surface area contributed by atoms with E-state index < -0.39 is 0 Å². The van der Waals surface area contributed by atoms with Crippen molar-refractivity contribution in [2.24, 2.45) is 5.73 Å². The van der Waals surface area contributed by atoms with Crippen molar-refractivity contribution in [1.29, 1.82) is 0 Å². The van der Waals surface area contributed by atoms with Crippen LogP contribution in [0.15, 0.2) is 90.0 Å². The van der Waals surface area contributed by atoms with Crippen molar-refractivity contribution in [2.45, 2.75) is 24.3 Å². The van der Waals surface area contributed by atoms with Gasteiger partial charge in [0, 0.05) is 11.7 Å². The van der Waals surface area contributed by atoms with E-state index in [1.807, 2.05) is 6.07 Å². The maximum absolute atomic E-state index is 6.44. The Morgan fingerprint density at radius 3 is 2.21 bits per heavy atom. The number of nitrogen functional groups attached to an aromatic ring is 1. The number of anilines is 1. The van der Waals surface area contributed by atoms with Crippen LogP contribution in [0.5, 0.6) is 0 Å². The molecule has 3 aliphatic carbocycles. The molecule has 0 saturated heterocycles. The highest BCUT2D eigenvalue weighted by Gasteiger charge is 2.51. The molecule has 1 spiro atoms. The fourth-order valence-electron chi connectivity index (χ4n) is 5.65. The monoisotopic (exact) mass is 362 g/mol. The zero-order chi connectivity index (χ0) is 18.9. The molecular formula is C26H22N2. The summed E-state index contributed by atoms with van der Waals surface area (Å²) in [5.41, 5.74) is 24.2. The number of hydrogen-bond acceptors (Lipinski definition) is 2. The number of allylic oxidation sites excluding steroid dienone is 2. The van der Waals surface area contributed by atoms with Crippen LogP contribution in [0.1, 0.15) is 28.7 Å². The van der Waals surface area contributed by atoms with Crippen molar-refractivity contribution in [3.05, 3.63) is 112 Å². The Balaban J connectivity index is 1.82. The zero-order valence-electron chi connectivity index (χ0n) is 15.7. The van der Waals surface area contributed by atoms with E-state index in [9.17, 15) is 0 Å². The van der Waals surface area contributed by atoms with Gasteiger partial charge in [0.25, 0.3) is 0 Å². The van der Waals surface area contributed by atoms with Gasteiger partial charge in [-0.05, 0) is 69.5 Å². The van der Waals surface area contributed by atoms with Gasteiger partial charge in [-0.15, -0.1) is 0 Å². The van der Waals surface area contributed by atoms with Crippen LogP contribution in [0, 0.1) is 0 Å². The highest BCUT2D eigenvalue weighted by atomic mass is 14.6. The van der Waals surface area contributed by atoms with Gasteiger partial charge in [-0.2, -0.15) is 0 Å². The van der Waals surface area contributed by atoms with Crippen molar-refractivity contribution < 1.29 is 0 Å². The molecule has 3 aromatic rings. The van der Waals surface area contributed by atoms with Crippen molar-refractivity contribution in [3.8, 4) is 11.1 Å². The smallest absolute Gasteiger partial charge is 0.0683 e. The number of nitrogens with two attached hydrogens (primary N) is 2. The molecule has 6 rings (SSSR count). The molecule has 3 aliphatic rings. The van der Waals surface area contributed by atoms with E-state index in [0.717, 1.165) is 18.5 Å². The van der Waals surface area contributed by atoms with Gasteiger partial charge in [0.15, 0.2) is 0 Å². The maximum atomic E-state index is 6.44. The van der Waals surface area contributed by atoms with E-state index in [1.54, 1.807) is 0 Å². The normalized spacial score (nSPS) is 20.5. The summed E-state index contributed by atoms with van der Waals surface area (Å²) in [7, 11) is 0. The second kappa shape index (κ2) is 5.46. The molecule has 0 aromatic heterocycles. The summed E-state index contributed by atoms with van der Waals surface area (Å²) in [6.07, 6.45) is 6.23. The molecule has 4 N–H and O–H groups in total. The van der Waals surface area contributed by atoms with E-state index in [-0.39, 0.29) is 11.5 Å². The molecule has 1 unspecified atom stereocenters. The molecule has 3 aromatic carbocycles. The molecule has 1 atom stereocenters. The summed E-state index contributed by atoms with van der Waals surface area (Å²) in [6, 6.07) is 24.2. The molecule has 2 heteroatoms. The van der Waals surface area contributed by atoms with Crippen molar-refractivity contribution >= 4 is 5.69 Å². The molecule has 0 saturated carbocycles. The van der Waals surface area contributed by atoms with E-state index in [0.29, 0.717) is 0 Å². The predicted octanol–water partition coefficient (Wildman–Crippen LogP) is 4.72. The lowest BCUT2D eigenvalue weighted by Crippen LogP contribution is -2.38. The first-order valence-corrected chi connectivity index (χ1v) is 9.94. The molecule has 0 amide bonds. The number of fused-ring (bicyclic) bond motifs is 8. The molecule has 0 radical (unpaired) electrons. The second-order valence-electron chi connectivity index (χ2n) is 8.17.